The van der Waals surface area contributed by atoms with Crippen molar-refractivity contribution in [2.45, 2.75) is 13.0 Å². The third-order valence-electron chi connectivity index (χ3n) is 3.13. The molecule has 20 heavy (non-hydrogen) atoms. The Morgan fingerprint density at radius 3 is 2.60 bits per heavy atom. The molecule has 2 aromatic rings. The van der Waals surface area contributed by atoms with Gasteiger partial charge < -0.3 is 4.90 Å². The van der Waals surface area contributed by atoms with Crippen LogP contribution in [-0.2, 0) is 0 Å². The molecule has 1 aromatic carbocycles. The molecule has 1 heterocycles. The van der Waals surface area contributed by atoms with Gasteiger partial charge in [0.1, 0.15) is 4.88 Å². The Balaban J connectivity index is 2.26. The summed E-state index contributed by atoms with van der Waals surface area (Å²) in [6, 6.07) is 7.04. The van der Waals surface area contributed by atoms with Gasteiger partial charge in [-0.3, -0.25) is 4.79 Å². The number of thiophene rings is 1. The maximum absolute atomic E-state index is 12.5. The van der Waals surface area contributed by atoms with E-state index in [1.807, 2.05) is 24.4 Å². The molecule has 0 N–H and O–H groups in total. The number of benzene rings is 1. The maximum Gasteiger partial charge on any atom is 0.265 e. The van der Waals surface area contributed by atoms with E-state index in [2.05, 4.69) is 15.9 Å². The second-order valence-electron chi connectivity index (χ2n) is 4.36. The van der Waals surface area contributed by atoms with Crippen LogP contribution in [0.5, 0.6) is 0 Å². The SMILES string of the molecule is CC(c1ccc(Cl)cc1Cl)N(C)C(=O)c1sccc1Br. The fourth-order valence-electron chi connectivity index (χ4n) is 1.83. The standard InChI is InChI=1S/C14H12BrCl2NOS/c1-8(10-4-3-9(16)7-12(10)17)18(2)14(19)13-11(15)5-6-20-13/h3-8H,1-2H3. The summed E-state index contributed by atoms with van der Waals surface area (Å²) in [5, 5.41) is 3.03. The van der Waals surface area contributed by atoms with Gasteiger partial charge in [-0.15, -0.1) is 11.3 Å². The van der Waals surface area contributed by atoms with Crippen molar-refractivity contribution in [2.75, 3.05) is 7.05 Å². The highest BCUT2D eigenvalue weighted by Gasteiger charge is 2.23. The smallest absolute Gasteiger partial charge is 0.265 e. The number of rotatable bonds is 3. The number of carbonyl (C=O) groups is 1. The number of amides is 1. The molecule has 1 aromatic heterocycles. The first kappa shape index (κ1) is 15.8. The largest absolute Gasteiger partial charge is 0.334 e. The van der Waals surface area contributed by atoms with Crippen LogP contribution < -0.4 is 0 Å². The molecule has 0 saturated carbocycles. The van der Waals surface area contributed by atoms with Crippen LogP contribution in [0, 0.1) is 0 Å². The number of nitrogens with zero attached hydrogens (tertiary/aromatic N) is 1. The molecule has 0 bridgehead atoms. The molecule has 0 aliphatic rings. The van der Waals surface area contributed by atoms with Crippen LogP contribution in [0.15, 0.2) is 34.1 Å². The van der Waals surface area contributed by atoms with E-state index < -0.39 is 0 Å². The zero-order valence-electron chi connectivity index (χ0n) is 10.9. The van der Waals surface area contributed by atoms with Gasteiger partial charge in [-0.05, 0) is 52.0 Å². The summed E-state index contributed by atoms with van der Waals surface area (Å²) in [6.45, 7) is 1.94. The first-order valence-corrected chi connectivity index (χ1v) is 8.29. The Bertz CT molecular complexity index is 644. The van der Waals surface area contributed by atoms with Crippen molar-refractivity contribution in [3.8, 4) is 0 Å². The van der Waals surface area contributed by atoms with Gasteiger partial charge in [0.2, 0.25) is 0 Å². The molecule has 0 saturated heterocycles. The molecule has 0 radical (unpaired) electrons. The van der Waals surface area contributed by atoms with Crippen molar-refractivity contribution in [3.63, 3.8) is 0 Å². The highest BCUT2D eigenvalue weighted by atomic mass is 79.9. The Hall–Kier alpha value is -0.550. The lowest BCUT2D eigenvalue weighted by Crippen LogP contribution is -2.29. The van der Waals surface area contributed by atoms with Crippen molar-refractivity contribution in [2.24, 2.45) is 0 Å². The quantitative estimate of drug-likeness (QED) is 0.660. The monoisotopic (exact) mass is 391 g/mol. The van der Waals surface area contributed by atoms with E-state index in [4.69, 9.17) is 23.2 Å². The first-order chi connectivity index (χ1) is 9.41. The van der Waals surface area contributed by atoms with Crippen molar-refractivity contribution in [3.05, 3.63) is 54.6 Å². The van der Waals surface area contributed by atoms with Crippen LogP contribution in [0.1, 0.15) is 28.2 Å². The van der Waals surface area contributed by atoms with E-state index in [1.54, 1.807) is 24.1 Å². The van der Waals surface area contributed by atoms with Crippen molar-refractivity contribution >= 4 is 56.4 Å². The number of carbonyl (C=O) groups excluding carboxylic acids is 1. The summed E-state index contributed by atoms with van der Waals surface area (Å²) >= 11 is 16.9. The zero-order chi connectivity index (χ0) is 14.9. The van der Waals surface area contributed by atoms with Crippen molar-refractivity contribution in [1.29, 1.82) is 0 Å². The van der Waals surface area contributed by atoms with Gasteiger partial charge in [0, 0.05) is 21.6 Å². The van der Waals surface area contributed by atoms with Crippen molar-refractivity contribution < 1.29 is 4.79 Å². The molecule has 106 valence electrons. The van der Waals surface area contributed by atoms with Gasteiger partial charge >= 0.3 is 0 Å². The maximum atomic E-state index is 12.5. The summed E-state index contributed by atoms with van der Waals surface area (Å²) in [4.78, 5) is 14.8. The molecule has 2 rings (SSSR count). The van der Waals surface area contributed by atoms with Crippen LogP contribution in [0.25, 0.3) is 0 Å². The topological polar surface area (TPSA) is 20.3 Å². The van der Waals surface area contributed by atoms with Gasteiger partial charge in [0.25, 0.3) is 5.91 Å². The Morgan fingerprint density at radius 1 is 1.35 bits per heavy atom. The summed E-state index contributed by atoms with van der Waals surface area (Å²) in [7, 11) is 1.77. The lowest BCUT2D eigenvalue weighted by Gasteiger charge is -2.26. The molecule has 1 atom stereocenters. The van der Waals surface area contributed by atoms with E-state index in [9.17, 15) is 4.79 Å². The van der Waals surface area contributed by atoms with Crippen molar-refractivity contribution in [1.82, 2.24) is 4.90 Å². The van der Waals surface area contributed by atoms with E-state index >= 15 is 0 Å². The molecule has 0 aliphatic carbocycles. The average Bonchev–Trinajstić information content (AvgIpc) is 2.82. The molecule has 0 fully saturated rings. The minimum atomic E-state index is -0.138. The third kappa shape index (κ3) is 3.19. The van der Waals surface area contributed by atoms with Crippen LogP contribution in [0.3, 0.4) is 0 Å². The molecular weight excluding hydrogens is 381 g/mol. The summed E-state index contributed by atoms with van der Waals surface area (Å²) in [6.07, 6.45) is 0. The second-order valence-corrected chi connectivity index (χ2v) is 6.97. The zero-order valence-corrected chi connectivity index (χ0v) is 14.8. The molecule has 2 nitrogen and oxygen atoms in total. The number of hydrogen-bond donors (Lipinski definition) is 0. The molecule has 1 amide bonds. The lowest BCUT2D eigenvalue weighted by atomic mass is 10.1. The fourth-order valence-corrected chi connectivity index (χ4v) is 3.92. The second kappa shape index (κ2) is 6.48. The fraction of sp³-hybridized carbons (Fsp3) is 0.214. The average molecular weight is 393 g/mol. The van der Waals surface area contributed by atoms with Gasteiger partial charge in [-0.1, -0.05) is 29.3 Å². The van der Waals surface area contributed by atoms with E-state index in [0.29, 0.717) is 14.9 Å². The summed E-state index contributed by atoms with van der Waals surface area (Å²) in [5.41, 5.74) is 0.875. The number of hydrogen-bond acceptors (Lipinski definition) is 2. The molecular formula is C14H12BrCl2NOS. The molecule has 1 unspecified atom stereocenters. The van der Waals surface area contributed by atoms with Crippen LogP contribution in [0.2, 0.25) is 10.0 Å². The van der Waals surface area contributed by atoms with Gasteiger partial charge in [0.05, 0.1) is 6.04 Å². The number of halogens is 3. The summed E-state index contributed by atoms with van der Waals surface area (Å²) in [5.74, 6) is -0.0367. The Labute approximate surface area is 140 Å². The van der Waals surface area contributed by atoms with Gasteiger partial charge in [-0.25, -0.2) is 0 Å². The highest BCUT2D eigenvalue weighted by Crippen LogP contribution is 2.31. The van der Waals surface area contributed by atoms with Crippen LogP contribution >= 0.6 is 50.5 Å². The normalized spacial score (nSPS) is 12.2. The molecule has 6 heteroatoms. The highest BCUT2D eigenvalue weighted by molar-refractivity contribution is 9.10. The lowest BCUT2D eigenvalue weighted by molar-refractivity contribution is 0.0747. The molecule has 0 spiro atoms. The predicted octanol–water partition coefficient (Wildman–Crippen LogP) is 5.65. The Kier molecular flexibility index (Phi) is 5.13. The van der Waals surface area contributed by atoms with E-state index in [0.717, 1.165) is 10.0 Å². The summed E-state index contributed by atoms with van der Waals surface area (Å²) < 4.78 is 0.814. The van der Waals surface area contributed by atoms with Crippen LogP contribution in [-0.4, -0.2) is 17.9 Å². The predicted molar refractivity (Wildman–Crippen MR) is 89.0 cm³/mol. The minimum Gasteiger partial charge on any atom is -0.334 e. The minimum absolute atomic E-state index is 0.0367. The van der Waals surface area contributed by atoms with Crippen LogP contribution in [0.4, 0.5) is 0 Å². The molecule has 0 aliphatic heterocycles. The van der Waals surface area contributed by atoms with Gasteiger partial charge in [0.15, 0.2) is 0 Å². The third-order valence-corrected chi connectivity index (χ3v) is 5.51. The van der Waals surface area contributed by atoms with E-state index in [1.165, 1.54) is 11.3 Å². The van der Waals surface area contributed by atoms with E-state index in [-0.39, 0.29) is 11.9 Å². The Morgan fingerprint density at radius 2 is 2.05 bits per heavy atom. The first-order valence-electron chi connectivity index (χ1n) is 5.87. The van der Waals surface area contributed by atoms with Gasteiger partial charge in [-0.2, -0.15) is 0 Å².